The molecule has 11 heteroatoms. The summed E-state index contributed by atoms with van der Waals surface area (Å²) in [5.41, 5.74) is 2.88. The van der Waals surface area contributed by atoms with Gasteiger partial charge in [0, 0.05) is 48.5 Å². The second-order valence-electron chi connectivity index (χ2n) is 9.47. The Hall–Kier alpha value is -4.28. The average molecular weight is 489 g/mol. The van der Waals surface area contributed by atoms with Gasteiger partial charge in [0.15, 0.2) is 0 Å². The molecule has 2 fully saturated rings. The summed E-state index contributed by atoms with van der Waals surface area (Å²) in [6.07, 6.45) is 6.94. The minimum absolute atomic E-state index is 0.148. The van der Waals surface area contributed by atoms with Crippen LogP contribution < -0.4 is 10.2 Å². The number of aromatic nitrogens is 3. The summed E-state index contributed by atoms with van der Waals surface area (Å²) in [7, 11) is 0. The summed E-state index contributed by atoms with van der Waals surface area (Å²) in [4.78, 5) is 56.2. The fourth-order valence-electron chi connectivity index (χ4n) is 5.50. The highest BCUT2D eigenvalue weighted by Crippen LogP contribution is 2.40. The smallest absolute Gasteiger partial charge is 0.407 e. The molecule has 1 atom stereocenters. The Labute approximate surface area is 205 Å². The third-order valence-corrected chi connectivity index (χ3v) is 7.34. The second kappa shape index (κ2) is 8.43. The molecule has 0 spiro atoms. The zero-order chi connectivity index (χ0) is 25.0. The molecular weight excluding hydrogens is 464 g/mol. The van der Waals surface area contributed by atoms with E-state index in [1.54, 1.807) is 18.5 Å². The lowest BCUT2D eigenvalue weighted by Crippen LogP contribution is -2.53. The van der Waals surface area contributed by atoms with Crippen LogP contribution in [0.2, 0.25) is 0 Å². The van der Waals surface area contributed by atoms with E-state index in [1.165, 1.54) is 9.80 Å². The Morgan fingerprint density at radius 3 is 2.67 bits per heavy atom. The van der Waals surface area contributed by atoms with Crippen molar-refractivity contribution in [1.29, 1.82) is 0 Å². The molecule has 2 aromatic heterocycles. The van der Waals surface area contributed by atoms with Gasteiger partial charge in [0.2, 0.25) is 11.8 Å². The highest BCUT2D eigenvalue weighted by molar-refractivity contribution is 6.27. The molecule has 1 aromatic carbocycles. The maximum Gasteiger partial charge on any atom is 0.407 e. The number of rotatable bonds is 4. The second-order valence-corrected chi connectivity index (χ2v) is 9.47. The molecule has 11 nitrogen and oxygen atoms in total. The van der Waals surface area contributed by atoms with Crippen molar-refractivity contribution >= 4 is 40.3 Å². The van der Waals surface area contributed by atoms with Crippen LogP contribution in [0.25, 0.3) is 10.8 Å². The average Bonchev–Trinajstić information content (AvgIpc) is 3.45. The Bertz CT molecular complexity index is 1420. The van der Waals surface area contributed by atoms with Gasteiger partial charge in [-0.25, -0.2) is 4.79 Å². The summed E-state index contributed by atoms with van der Waals surface area (Å²) >= 11 is 0. The molecule has 3 aliphatic rings. The predicted molar refractivity (Wildman–Crippen MR) is 128 cm³/mol. The van der Waals surface area contributed by atoms with E-state index < -0.39 is 18.0 Å². The van der Waals surface area contributed by atoms with Crippen LogP contribution >= 0.6 is 0 Å². The molecule has 2 N–H and O–H groups in total. The topological polar surface area (TPSA) is 138 Å². The maximum absolute atomic E-state index is 13.3. The van der Waals surface area contributed by atoms with Crippen molar-refractivity contribution in [2.75, 3.05) is 18.0 Å². The number of imide groups is 1. The fraction of sp³-hybridized carbons (Fsp3) is 0.360. The highest BCUT2D eigenvalue weighted by atomic mass is 16.4. The van der Waals surface area contributed by atoms with Crippen molar-refractivity contribution in [2.45, 2.75) is 44.2 Å². The first-order valence-electron chi connectivity index (χ1n) is 12.0. The van der Waals surface area contributed by atoms with E-state index in [4.69, 9.17) is 5.11 Å². The normalized spacial score (nSPS) is 20.3. The molecule has 0 radical (unpaired) electrons. The highest BCUT2D eigenvalue weighted by Gasteiger charge is 2.41. The number of nitrogens with one attached hydrogen (secondary N) is 1. The van der Waals surface area contributed by atoms with E-state index in [9.17, 15) is 19.2 Å². The van der Waals surface area contributed by atoms with Crippen molar-refractivity contribution in [3.8, 4) is 0 Å². The first kappa shape index (κ1) is 22.2. The number of carbonyl (C=O) groups is 4. The molecule has 3 aromatic rings. The molecule has 0 saturated carbocycles. The quantitative estimate of drug-likeness (QED) is 0.537. The third kappa shape index (κ3) is 3.58. The first-order chi connectivity index (χ1) is 17.4. The Kier molecular flexibility index (Phi) is 5.20. The van der Waals surface area contributed by atoms with Gasteiger partial charge in [0.25, 0.3) is 5.91 Å². The van der Waals surface area contributed by atoms with Crippen LogP contribution in [-0.4, -0.2) is 67.7 Å². The molecule has 6 rings (SSSR count). The SMILES string of the molecule is O=C1CCC(N2C(=O)c3cccc4c(Cc5cnn(C6CCN(C(=O)O)CC6)c5)ncc2c34)C(=O)N1. The van der Waals surface area contributed by atoms with Crippen molar-refractivity contribution in [2.24, 2.45) is 0 Å². The molecule has 0 bridgehead atoms. The van der Waals surface area contributed by atoms with E-state index in [-0.39, 0.29) is 30.7 Å². The van der Waals surface area contributed by atoms with E-state index in [0.717, 1.165) is 22.0 Å². The van der Waals surface area contributed by atoms with E-state index in [0.29, 0.717) is 43.6 Å². The molecule has 2 saturated heterocycles. The minimum atomic E-state index is -0.887. The lowest BCUT2D eigenvalue weighted by Gasteiger charge is -2.30. The largest absolute Gasteiger partial charge is 0.465 e. The molecule has 3 aliphatic heterocycles. The summed E-state index contributed by atoms with van der Waals surface area (Å²) < 4.78 is 1.91. The Morgan fingerprint density at radius 2 is 1.92 bits per heavy atom. The monoisotopic (exact) mass is 488 g/mol. The predicted octanol–water partition coefficient (Wildman–Crippen LogP) is 2.10. The number of pyridine rings is 1. The lowest BCUT2D eigenvalue weighted by molar-refractivity contribution is -0.134. The van der Waals surface area contributed by atoms with Crippen LogP contribution in [0.4, 0.5) is 10.5 Å². The number of hydrogen-bond donors (Lipinski definition) is 2. The van der Waals surface area contributed by atoms with Gasteiger partial charge in [0.05, 0.1) is 29.8 Å². The minimum Gasteiger partial charge on any atom is -0.465 e. The number of piperidine rings is 2. The third-order valence-electron chi connectivity index (χ3n) is 7.34. The Balaban J connectivity index is 1.27. The summed E-state index contributed by atoms with van der Waals surface area (Å²) in [5, 5.41) is 17.6. The number of amides is 4. The van der Waals surface area contributed by atoms with Gasteiger partial charge in [-0.1, -0.05) is 12.1 Å². The van der Waals surface area contributed by atoms with Crippen molar-refractivity contribution in [3.05, 3.63) is 53.6 Å². The molecule has 4 amide bonds. The van der Waals surface area contributed by atoms with Gasteiger partial charge in [-0.05, 0) is 30.9 Å². The van der Waals surface area contributed by atoms with Gasteiger partial charge in [-0.15, -0.1) is 0 Å². The standard InChI is InChI=1S/C25H24N6O5/c32-21-5-4-19(23(33)28-21)31-20-12-26-18(16-2-1-3-17(22(16)20)24(31)34)10-14-11-27-30(13-14)15-6-8-29(9-7-15)25(35)36/h1-3,11-13,15,19H,4-10H2,(H,35,36)(H,28,32,33). The number of carbonyl (C=O) groups excluding carboxylic acids is 3. The maximum atomic E-state index is 13.3. The lowest BCUT2D eigenvalue weighted by atomic mass is 10.0. The van der Waals surface area contributed by atoms with Gasteiger partial charge >= 0.3 is 6.09 Å². The van der Waals surface area contributed by atoms with E-state index in [1.807, 2.05) is 23.0 Å². The first-order valence-corrected chi connectivity index (χ1v) is 12.0. The van der Waals surface area contributed by atoms with Crippen LogP contribution in [0.15, 0.2) is 36.8 Å². The molecule has 36 heavy (non-hydrogen) atoms. The summed E-state index contributed by atoms with van der Waals surface area (Å²) in [6, 6.07) is 4.90. The van der Waals surface area contributed by atoms with Crippen molar-refractivity contribution in [1.82, 2.24) is 25.0 Å². The number of nitrogens with zero attached hydrogens (tertiary/aromatic N) is 5. The van der Waals surface area contributed by atoms with Crippen LogP contribution in [0, 0.1) is 0 Å². The summed E-state index contributed by atoms with van der Waals surface area (Å²) in [5.74, 6) is -1.05. The van der Waals surface area contributed by atoms with Crippen molar-refractivity contribution in [3.63, 3.8) is 0 Å². The number of likely N-dealkylation sites (tertiary alicyclic amines) is 1. The van der Waals surface area contributed by atoms with E-state index in [2.05, 4.69) is 15.4 Å². The Morgan fingerprint density at radius 1 is 1.11 bits per heavy atom. The molecule has 0 aliphatic carbocycles. The zero-order valence-electron chi connectivity index (χ0n) is 19.4. The van der Waals surface area contributed by atoms with Crippen LogP contribution in [0.3, 0.4) is 0 Å². The van der Waals surface area contributed by atoms with Gasteiger partial charge in [0.1, 0.15) is 6.04 Å². The zero-order valence-corrected chi connectivity index (χ0v) is 19.4. The van der Waals surface area contributed by atoms with Crippen LogP contribution in [0.1, 0.15) is 53.3 Å². The summed E-state index contributed by atoms with van der Waals surface area (Å²) in [6.45, 7) is 0.979. The molecule has 1 unspecified atom stereocenters. The molecular formula is C25H24N6O5. The number of anilines is 1. The van der Waals surface area contributed by atoms with Gasteiger partial charge in [-0.3, -0.25) is 34.3 Å². The van der Waals surface area contributed by atoms with Crippen molar-refractivity contribution < 1.29 is 24.3 Å². The fourth-order valence-corrected chi connectivity index (χ4v) is 5.50. The van der Waals surface area contributed by atoms with Gasteiger partial charge < -0.3 is 10.0 Å². The van der Waals surface area contributed by atoms with Crippen LogP contribution in [-0.2, 0) is 16.0 Å². The van der Waals surface area contributed by atoms with Gasteiger partial charge in [-0.2, -0.15) is 5.10 Å². The molecule has 5 heterocycles. The van der Waals surface area contributed by atoms with E-state index >= 15 is 0 Å². The molecule has 184 valence electrons. The number of carboxylic acid groups (broad SMARTS) is 1. The number of hydrogen-bond acceptors (Lipinski definition) is 6. The number of benzene rings is 1. The van der Waals surface area contributed by atoms with Crippen LogP contribution in [0.5, 0.6) is 0 Å².